The van der Waals surface area contributed by atoms with E-state index < -0.39 is 10.0 Å². The minimum atomic E-state index is -0.814. The van der Waals surface area contributed by atoms with E-state index >= 15 is 0 Å². The number of fused-ring (bicyclic) bond motifs is 7. The van der Waals surface area contributed by atoms with Gasteiger partial charge in [-0.15, -0.1) is 0 Å². The van der Waals surface area contributed by atoms with Crippen LogP contribution in [-0.2, 0) is 0 Å². The fraction of sp³-hybridized carbons (Fsp3) is 0.176. The lowest BCUT2D eigenvalue weighted by atomic mass is 9.93. The van der Waals surface area contributed by atoms with Crippen molar-refractivity contribution in [3.8, 4) is 11.2 Å². The predicted molar refractivity (Wildman–Crippen MR) is 160 cm³/mol. The summed E-state index contributed by atoms with van der Waals surface area (Å²) >= 11 is 0. The molecule has 0 heterocycles. The summed E-state index contributed by atoms with van der Waals surface area (Å²) in [6, 6.07) is 33.8. The molecule has 0 amide bonds. The largest absolute Gasteiger partial charge is 0.178 e. The van der Waals surface area contributed by atoms with Gasteiger partial charge >= 0.3 is 0 Å². The number of hydrogen-bond acceptors (Lipinski definition) is 0. The number of rotatable bonds is 3. The standard InChI is InChI=1S/C34H30S/c1-4-35(5-2,6-3)18-17-24-11-12-27-23-34-29(21-30(27)19-24)14-16-31-32(34)15-13-28-20-25-9-7-8-10-26(25)22-33(28)31/h7-16,19-23H,4-6H2,1-3H3. The van der Waals surface area contributed by atoms with Gasteiger partial charge in [0.15, 0.2) is 0 Å². The Morgan fingerprint density at radius 1 is 0.486 bits per heavy atom. The first kappa shape index (κ1) is 22.0. The zero-order chi connectivity index (χ0) is 24.0. The van der Waals surface area contributed by atoms with E-state index in [1.54, 1.807) is 0 Å². The van der Waals surface area contributed by atoms with Crippen molar-refractivity contribution >= 4 is 63.9 Å². The molecule has 6 rings (SSSR count). The zero-order valence-electron chi connectivity index (χ0n) is 20.7. The Labute approximate surface area is 209 Å². The maximum atomic E-state index is 3.69. The van der Waals surface area contributed by atoms with Crippen molar-refractivity contribution in [2.45, 2.75) is 20.8 Å². The molecule has 0 aromatic heterocycles. The van der Waals surface area contributed by atoms with Gasteiger partial charge in [-0.3, -0.25) is 0 Å². The maximum absolute atomic E-state index is 3.69. The van der Waals surface area contributed by atoms with Crippen molar-refractivity contribution in [1.82, 2.24) is 0 Å². The molecular formula is C34H30S. The SMILES string of the molecule is CCS(C#Cc1ccc2cc3c(ccc4c5cc6ccccc6cc5ccc34)cc2c1)(CC)CC. The molecule has 0 bridgehead atoms. The van der Waals surface area contributed by atoms with Crippen LogP contribution in [0.1, 0.15) is 26.3 Å². The topological polar surface area (TPSA) is 0 Å². The van der Waals surface area contributed by atoms with Crippen LogP contribution in [0.15, 0.2) is 91.0 Å². The van der Waals surface area contributed by atoms with Crippen LogP contribution in [0.5, 0.6) is 0 Å². The van der Waals surface area contributed by atoms with Gasteiger partial charge in [0, 0.05) is 5.56 Å². The van der Waals surface area contributed by atoms with E-state index in [9.17, 15) is 0 Å². The van der Waals surface area contributed by atoms with Gasteiger partial charge in [0.25, 0.3) is 0 Å². The second kappa shape index (κ2) is 8.63. The summed E-state index contributed by atoms with van der Waals surface area (Å²) in [5.74, 6) is 7.08. The molecular weight excluding hydrogens is 440 g/mol. The van der Waals surface area contributed by atoms with E-state index in [4.69, 9.17) is 0 Å². The van der Waals surface area contributed by atoms with Gasteiger partial charge in [-0.25, -0.2) is 0 Å². The summed E-state index contributed by atoms with van der Waals surface area (Å²) in [6.45, 7) is 6.87. The third-order valence-electron chi connectivity index (χ3n) is 7.73. The van der Waals surface area contributed by atoms with Crippen LogP contribution < -0.4 is 0 Å². The Balaban J connectivity index is 1.52. The molecule has 0 aliphatic heterocycles. The van der Waals surface area contributed by atoms with E-state index in [2.05, 4.69) is 123 Å². The molecule has 0 aliphatic rings. The van der Waals surface area contributed by atoms with Crippen molar-refractivity contribution < 1.29 is 0 Å². The summed E-state index contributed by atoms with van der Waals surface area (Å²) < 4.78 is 0. The minimum absolute atomic E-state index is 0.814. The molecule has 0 nitrogen and oxygen atoms in total. The van der Waals surface area contributed by atoms with E-state index in [0.717, 1.165) is 5.56 Å². The quantitative estimate of drug-likeness (QED) is 0.137. The van der Waals surface area contributed by atoms with Crippen molar-refractivity contribution in [1.29, 1.82) is 0 Å². The molecule has 6 aromatic carbocycles. The van der Waals surface area contributed by atoms with Crippen LogP contribution in [-0.4, -0.2) is 17.3 Å². The molecule has 0 fully saturated rings. The van der Waals surface area contributed by atoms with Gasteiger partial charge in [0.2, 0.25) is 0 Å². The fourth-order valence-corrected chi connectivity index (χ4v) is 7.38. The molecule has 0 unspecified atom stereocenters. The lowest BCUT2D eigenvalue weighted by Gasteiger charge is -2.30. The molecule has 0 N–H and O–H groups in total. The van der Waals surface area contributed by atoms with E-state index in [-0.39, 0.29) is 0 Å². The monoisotopic (exact) mass is 470 g/mol. The Kier molecular flexibility index (Phi) is 5.43. The second-order valence-corrected chi connectivity index (χ2v) is 13.4. The van der Waals surface area contributed by atoms with Crippen LogP contribution in [0.4, 0.5) is 0 Å². The predicted octanol–water partition coefficient (Wildman–Crippen LogP) is 9.63. The van der Waals surface area contributed by atoms with Gasteiger partial charge in [0.1, 0.15) is 0 Å². The van der Waals surface area contributed by atoms with Crippen LogP contribution in [0.25, 0.3) is 53.9 Å². The molecule has 0 aliphatic carbocycles. The first-order valence-electron chi connectivity index (χ1n) is 12.6. The summed E-state index contributed by atoms with van der Waals surface area (Å²) in [7, 11) is -0.814. The zero-order valence-corrected chi connectivity index (χ0v) is 21.5. The van der Waals surface area contributed by atoms with Crippen molar-refractivity contribution in [2.75, 3.05) is 17.3 Å². The van der Waals surface area contributed by atoms with Gasteiger partial charge in [-0.05, 0) is 113 Å². The molecule has 1 heteroatoms. The molecule has 35 heavy (non-hydrogen) atoms. The summed E-state index contributed by atoms with van der Waals surface area (Å²) in [5.41, 5.74) is 1.13. The molecule has 0 saturated heterocycles. The molecule has 0 atom stereocenters. The summed E-state index contributed by atoms with van der Waals surface area (Å²) in [6.07, 6.45) is 0. The lowest BCUT2D eigenvalue weighted by Crippen LogP contribution is -2.05. The second-order valence-electron chi connectivity index (χ2n) is 9.42. The van der Waals surface area contributed by atoms with Crippen LogP contribution in [0.2, 0.25) is 0 Å². The number of hydrogen-bond donors (Lipinski definition) is 0. The average molecular weight is 471 g/mol. The van der Waals surface area contributed by atoms with E-state index in [1.165, 1.54) is 71.1 Å². The molecule has 0 radical (unpaired) electrons. The molecule has 172 valence electrons. The maximum Gasteiger partial charge on any atom is 0.0260 e. The molecule has 6 aromatic rings. The Morgan fingerprint density at radius 2 is 1.00 bits per heavy atom. The first-order valence-corrected chi connectivity index (χ1v) is 14.8. The number of benzene rings is 6. The third kappa shape index (κ3) is 3.74. The summed E-state index contributed by atoms with van der Waals surface area (Å²) in [4.78, 5) is 0. The molecule has 0 spiro atoms. The lowest BCUT2D eigenvalue weighted by molar-refractivity contribution is 1.36. The average Bonchev–Trinajstić information content (AvgIpc) is 2.91. The highest BCUT2D eigenvalue weighted by Crippen LogP contribution is 2.45. The highest BCUT2D eigenvalue weighted by atomic mass is 32.3. The van der Waals surface area contributed by atoms with Crippen LogP contribution in [0, 0.1) is 11.2 Å². The van der Waals surface area contributed by atoms with Crippen LogP contribution in [0.3, 0.4) is 0 Å². The van der Waals surface area contributed by atoms with Gasteiger partial charge in [-0.1, -0.05) is 81.3 Å². The van der Waals surface area contributed by atoms with Crippen molar-refractivity contribution in [3.63, 3.8) is 0 Å². The smallest absolute Gasteiger partial charge is 0.0260 e. The van der Waals surface area contributed by atoms with Crippen LogP contribution >= 0.6 is 10.0 Å². The van der Waals surface area contributed by atoms with Crippen molar-refractivity contribution in [2.24, 2.45) is 0 Å². The fourth-order valence-electron chi connectivity index (χ4n) is 5.38. The highest BCUT2D eigenvalue weighted by molar-refractivity contribution is 8.37. The highest BCUT2D eigenvalue weighted by Gasteiger charge is 2.14. The van der Waals surface area contributed by atoms with Crippen molar-refractivity contribution in [3.05, 3.63) is 96.6 Å². The Bertz CT molecular complexity index is 1800. The third-order valence-corrected chi connectivity index (χ3v) is 11.6. The van der Waals surface area contributed by atoms with E-state index in [1.807, 2.05) is 0 Å². The van der Waals surface area contributed by atoms with Gasteiger partial charge in [0.05, 0.1) is 0 Å². The van der Waals surface area contributed by atoms with Gasteiger partial charge < -0.3 is 0 Å². The molecule has 0 saturated carbocycles. The van der Waals surface area contributed by atoms with Gasteiger partial charge in [-0.2, -0.15) is 10.0 Å². The minimum Gasteiger partial charge on any atom is -0.178 e. The Hall–Kier alpha value is -3.47. The normalized spacial score (nSPS) is 12.4. The van der Waals surface area contributed by atoms with E-state index in [0.29, 0.717) is 0 Å². The first-order chi connectivity index (χ1) is 17.1. The Morgan fingerprint density at radius 3 is 1.60 bits per heavy atom. The summed E-state index contributed by atoms with van der Waals surface area (Å²) in [5, 5.41) is 16.7.